The first-order chi connectivity index (χ1) is 10.6. The summed E-state index contributed by atoms with van der Waals surface area (Å²) in [4.78, 5) is 30.8. The van der Waals surface area contributed by atoms with E-state index in [-0.39, 0.29) is 11.5 Å². The minimum atomic E-state index is -0.141. The number of aryl methyl sites for hydroxylation is 2. The molecule has 0 bridgehead atoms. The number of carbonyl (C=O) groups excluding carboxylic acids is 1. The van der Waals surface area contributed by atoms with E-state index in [0.717, 1.165) is 19.5 Å². The van der Waals surface area contributed by atoms with Gasteiger partial charge in [-0.1, -0.05) is 6.92 Å². The highest BCUT2D eigenvalue weighted by Gasteiger charge is 2.20. The van der Waals surface area contributed by atoms with Gasteiger partial charge >= 0.3 is 0 Å². The van der Waals surface area contributed by atoms with Gasteiger partial charge in [0.2, 0.25) is 5.91 Å². The van der Waals surface area contributed by atoms with Crippen LogP contribution in [0.15, 0.2) is 17.3 Å². The Morgan fingerprint density at radius 1 is 1.45 bits per heavy atom. The number of hydrogen-bond acceptors (Lipinski definition) is 4. The molecule has 3 rings (SSSR count). The van der Waals surface area contributed by atoms with Gasteiger partial charge in [0.15, 0.2) is 5.65 Å². The molecule has 0 aromatic carbocycles. The Labute approximate surface area is 128 Å². The Morgan fingerprint density at radius 3 is 3.05 bits per heavy atom. The second-order valence-electron chi connectivity index (χ2n) is 6.09. The van der Waals surface area contributed by atoms with Crippen LogP contribution in [0.5, 0.6) is 0 Å². The highest BCUT2D eigenvalue weighted by molar-refractivity contribution is 5.76. The molecule has 1 amide bonds. The number of aromatic nitrogens is 4. The van der Waals surface area contributed by atoms with Crippen LogP contribution in [0.3, 0.4) is 0 Å². The fraction of sp³-hybridized carbons (Fsp3) is 0.600. The molecule has 1 fully saturated rings. The summed E-state index contributed by atoms with van der Waals surface area (Å²) in [6.07, 6.45) is 5.61. The van der Waals surface area contributed by atoms with Crippen LogP contribution in [-0.4, -0.2) is 43.2 Å². The van der Waals surface area contributed by atoms with Crippen LogP contribution in [0.2, 0.25) is 0 Å². The monoisotopic (exact) mass is 303 g/mol. The van der Waals surface area contributed by atoms with Crippen molar-refractivity contribution in [2.45, 2.75) is 32.7 Å². The number of rotatable bonds is 3. The van der Waals surface area contributed by atoms with E-state index < -0.39 is 0 Å². The van der Waals surface area contributed by atoms with Crippen molar-refractivity contribution in [3.05, 3.63) is 22.9 Å². The molecule has 1 saturated heterocycles. The van der Waals surface area contributed by atoms with E-state index in [1.807, 2.05) is 4.90 Å². The number of fused-ring (bicyclic) bond motifs is 1. The lowest BCUT2D eigenvalue weighted by molar-refractivity contribution is -0.133. The van der Waals surface area contributed by atoms with Gasteiger partial charge in [0, 0.05) is 33.1 Å². The quantitative estimate of drug-likeness (QED) is 0.840. The summed E-state index contributed by atoms with van der Waals surface area (Å²) in [5.41, 5.74) is 0.426. The van der Waals surface area contributed by atoms with Gasteiger partial charge in [0.1, 0.15) is 5.39 Å². The van der Waals surface area contributed by atoms with Crippen molar-refractivity contribution in [1.29, 1.82) is 0 Å². The molecule has 0 N–H and O–H groups in total. The minimum Gasteiger partial charge on any atom is -0.342 e. The van der Waals surface area contributed by atoms with Crippen LogP contribution in [0.1, 0.15) is 26.2 Å². The fourth-order valence-corrected chi connectivity index (χ4v) is 3.02. The van der Waals surface area contributed by atoms with Gasteiger partial charge in [-0.15, -0.1) is 0 Å². The largest absolute Gasteiger partial charge is 0.342 e. The van der Waals surface area contributed by atoms with Crippen molar-refractivity contribution in [3.8, 4) is 0 Å². The number of amides is 1. The third-order valence-electron chi connectivity index (χ3n) is 4.29. The third kappa shape index (κ3) is 2.75. The zero-order chi connectivity index (χ0) is 15.7. The summed E-state index contributed by atoms with van der Waals surface area (Å²) in [6.45, 7) is 4.19. The van der Waals surface area contributed by atoms with Crippen molar-refractivity contribution in [2.24, 2.45) is 13.0 Å². The smallest absolute Gasteiger partial charge is 0.264 e. The molecule has 7 nitrogen and oxygen atoms in total. The van der Waals surface area contributed by atoms with Gasteiger partial charge in [-0.2, -0.15) is 5.10 Å². The van der Waals surface area contributed by atoms with Crippen molar-refractivity contribution < 1.29 is 4.79 Å². The second kappa shape index (κ2) is 5.90. The van der Waals surface area contributed by atoms with Crippen LogP contribution < -0.4 is 5.56 Å². The predicted molar refractivity (Wildman–Crippen MR) is 82.4 cm³/mol. The molecule has 3 heterocycles. The molecule has 0 spiro atoms. The third-order valence-corrected chi connectivity index (χ3v) is 4.29. The Morgan fingerprint density at radius 2 is 2.27 bits per heavy atom. The average Bonchev–Trinajstić information content (AvgIpc) is 2.88. The molecular weight excluding hydrogens is 282 g/mol. The maximum absolute atomic E-state index is 12.3. The highest BCUT2D eigenvalue weighted by Crippen LogP contribution is 2.16. The molecule has 0 saturated carbocycles. The number of nitrogens with zero attached hydrogens (tertiary/aromatic N) is 5. The summed E-state index contributed by atoms with van der Waals surface area (Å²) in [6, 6.07) is 0. The molecule has 1 atom stereocenters. The number of likely N-dealkylation sites (tertiary alicyclic amines) is 1. The van der Waals surface area contributed by atoms with E-state index in [0.29, 0.717) is 29.9 Å². The Kier molecular flexibility index (Phi) is 3.96. The Bertz CT molecular complexity index is 748. The first-order valence-corrected chi connectivity index (χ1v) is 7.71. The van der Waals surface area contributed by atoms with Crippen LogP contribution in [0, 0.1) is 5.92 Å². The normalized spacial score (nSPS) is 18.8. The Hall–Kier alpha value is -2.18. The second-order valence-corrected chi connectivity index (χ2v) is 6.09. The molecule has 0 aliphatic carbocycles. The standard InChI is InChI=1S/C15H21N5O2/c1-11-4-3-6-19(9-11)13(21)5-7-20-10-16-14-12(15(20)22)8-17-18(14)2/h8,10-11H,3-7,9H2,1-2H3/t11-/m1/s1. The number of hydrogen-bond donors (Lipinski definition) is 0. The molecule has 0 unspecified atom stereocenters. The van der Waals surface area contributed by atoms with E-state index in [4.69, 9.17) is 0 Å². The van der Waals surface area contributed by atoms with Crippen LogP contribution in [-0.2, 0) is 18.4 Å². The molecule has 2 aromatic rings. The summed E-state index contributed by atoms with van der Waals surface area (Å²) in [5, 5.41) is 4.53. The summed E-state index contributed by atoms with van der Waals surface area (Å²) in [7, 11) is 1.75. The van der Waals surface area contributed by atoms with Crippen molar-refractivity contribution in [1.82, 2.24) is 24.2 Å². The SMILES string of the molecule is C[C@@H]1CCCN(C(=O)CCn2cnc3c(cnn3C)c2=O)C1. The summed E-state index contributed by atoms with van der Waals surface area (Å²) < 4.78 is 3.07. The van der Waals surface area contributed by atoms with E-state index in [1.165, 1.54) is 23.5 Å². The first-order valence-electron chi connectivity index (χ1n) is 7.71. The maximum atomic E-state index is 12.3. The van der Waals surface area contributed by atoms with E-state index in [9.17, 15) is 9.59 Å². The first kappa shape index (κ1) is 14.7. The molecule has 1 aliphatic heterocycles. The molecule has 2 aromatic heterocycles. The average molecular weight is 303 g/mol. The predicted octanol–water partition coefficient (Wildman–Crippen LogP) is 0.779. The van der Waals surface area contributed by atoms with Gasteiger partial charge in [0.25, 0.3) is 5.56 Å². The molecule has 1 aliphatic rings. The van der Waals surface area contributed by atoms with E-state index in [2.05, 4.69) is 17.0 Å². The zero-order valence-electron chi connectivity index (χ0n) is 13.0. The van der Waals surface area contributed by atoms with Gasteiger partial charge in [-0.25, -0.2) is 4.98 Å². The minimum absolute atomic E-state index is 0.115. The topological polar surface area (TPSA) is 73.0 Å². The fourth-order valence-electron chi connectivity index (χ4n) is 3.02. The Balaban J connectivity index is 1.70. The van der Waals surface area contributed by atoms with E-state index in [1.54, 1.807) is 11.7 Å². The lowest BCUT2D eigenvalue weighted by Gasteiger charge is -2.31. The lowest BCUT2D eigenvalue weighted by atomic mass is 10.00. The molecule has 22 heavy (non-hydrogen) atoms. The van der Waals surface area contributed by atoms with Crippen LogP contribution in [0.4, 0.5) is 0 Å². The number of carbonyl (C=O) groups is 1. The van der Waals surface area contributed by atoms with Crippen molar-refractivity contribution >= 4 is 16.9 Å². The molecule has 7 heteroatoms. The van der Waals surface area contributed by atoms with Crippen molar-refractivity contribution in [2.75, 3.05) is 13.1 Å². The van der Waals surface area contributed by atoms with Gasteiger partial charge in [-0.3, -0.25) is 18.8 Å². The summed E-state index contributed by atoms with van der Waals surface area (Å²) in [5.74, 6) is 0.679. The molecule has 118 valence electrons. The highest BCUT2D eigenvalue weighted by atomic mass is 16.2. The van der Waals surface area contributed by atoms with Gasteiger partial charge < -0.3 is 4.90 Å². The van der Waals surface area contributed by atoms with Gasteiger partial charge in [-0.05, 0) is 18.8 Å². The van der Waals surface area contributed by atoms with Crippen molar-refractivity contribution in [3.63, 3.8) is 0 Å². The van der Waals surface area contributed by atoms with E-state index >= 15 is 0 Å². The number of piperidine rings is 1. The maximum Gasteiger partial charge on any atom is 0.264 e. The van der Waals surface area contributed by atoms with Gasteiger partial charge in [0.05, 0.1) is 12.5 Å². The summed E-state index contributed by atoms with van der Waals surface area (Å²) >= 11 is 0. The molecule has 0 radical (unpaired) electrons. The lowest BCUT2D eigenvalue weighted by Crippen LogP contribution is -2.39. The van der Waals surface area contributed by atoms with Crippen LogP contribution >= 0.6 is 0 Å². The molecular formula is C15H21N5O2. The zero-order valence-corrected chi connectivity index (χ0v) is 13.0. The van der Waals surface area contributed by atoms with Crippen LogP contribution in [0.25, 0.3) is 11.0 Å².